The van der Waals surface area contributed by atoms with Crippen LogP contribution >= 0.6 is 0 Å². The maximum Gasteiger partial charge on any atom is 0.290 e. The van der Waals surface area contributed by atoms with Crippen LogP contribution in [0.15, 0.2) is 36.7 Å². The Morgan fingerprint density at radius 1 is 1.15 bits per heavy atom. The lowest BCUT2D eigenvalue weighted by Gasteiger charge is -2.19. The second kappa shape index (κ2) is 7.86. The number of likely N-dealkylation sites (tertiary alicyclic amines) is 1. The van der Waals surface area contributed by atoms with Crippen LogP contribution in [-0.2, 0) is 16.2 Å². The summed E-state index contributed by atoms with van der Waals surface area (Å²) in [6.07, 6.45) is 1.38. The van der Waals surface area contributed by atoms with Gasteiger partial charge in [0.25, 0.3) is 5.91 Å². The van der Waals surface area contributed by atoms with Crippen molar-refractivity contribution in [1.29, 1.82) is 0 Å². The summed E-state index contributed by atoms with van der Waals surface area (Å²) in [4.78, 5) is 34.4. The first-order valence-electron chi connectivity index (χ1n) is 9.25. The van der Waals surface area contributed by atoms with Crippen LogP contribution in [0.1, 0.15) is 56.4 Å². The van der Waals surface area contributed by atoms with Crippen molar-refractivity contribution in [3.63, 3.8) is 0 Å². The molecule has 1 fully saturated rings. The van der Waals surface area contributed by atoms with Crippen molar-refractivity contribution in [1.82, 2.24) is 14.9 Å². The van der Waals surface area contributed by atoms with Gasteiger partial charge in [0.05, 0.1) is 11.6 Å². The molecule has 1 aromatic heterocycles. The van der Waals surface area contributed by atoms with Crippen LogP contribution < -0.4 is 4.74 Å². The predicted octanol–water partition coefficient (Wildman–Crippen LogP) is 3.08. The highest BCUT2D eigenvalue weighted by molar-refractivity contribution is 6.40. The molecule has 27 heavy (non-hydrogen) atoms. The Morgan fingerprint density at radius 2 is 1.93 bits per heavy atom. The van der Waals surface area contributed by atoms with E-state index in [0.717, 1.165) is 5.56 Å². The topological polar surface area (TPSA) is 72.4 Å². The second-order valence-electron chi connectivity index (χ2n) is 7.44. The second-order valence-corrected chi connectivity index (χ2v) is 7.44. The van der Waals surface area contributed by atoms with Crippen molar-refractivity contribution >= 4 is 11.7 Å². The Hall–Kier alpha value is -2.76. The molecule has 1 aliphatic rings. The number of ketones is 1. The molecular weight excluding hydrogens is 342 g/mol. The highest BCUT2D eigenvalue weighted by atomic mass is 16.5. The van der Waals surface area contributed by atoms with Gasteiger partial charge in [-0.25, -0.2) is 9.97 Å². The van der Waals surface area contributed by atoms with Crippen LogP contribution in [0.4, 0.5) is 0 Å². The number of Topliss-reactive ketones (excluding diaryl/α,β-unsaturated/α-hetero) is 1. The van der Waals surface area contributed by atoms with Crippen LogP contribution in [0.5, 0.6) is 5.88 Å². The van der Waals surface area contributed by atoms with E-state index in [0.29, 0.717) is 30.6 Å². The number of carbonyl (C=O) groups excluding carboxylic acids is 2. The quantitative estimate of drug-likeness (QED) is 0.734. The molecule has 2 heterocycles. The van der Waals surface area contributed by atoms with E-state index in [1.165, 1.54) is 11.9 Å². The summed E-state index contributed by atoms with van der Waals surface area (Å²) >= 11 is 0. The van der Waals surface area contributed by atoms with Crippen LogP contribution in [-0.4, -0.2) is 39.1 Å². The summed E-state index contributed by atoms with van der Waals surface area (Å²) in [7, 11) is 0. The maximum absolute atomic E-state index is 12.3. The number of ether oxygens (including phenoxy) is 1. The molecule has 3 rings (SSSR count). The van der Waals surface area contributed by atoms with Crippen LogP contribution in [0.2, 0.25) is 0 Å². The van der Waals surface area contributed by atoms with Gasteiger partial charge in [-0.2, -0.15) is 0 Å². The summed E-state index contributed by atoms with van der Waals surface area (Å²) in [5.41, 5.74) is 2.83. The maximum atomic E-state index is 12.3. The van der Waals surface area contributed by atoms with Gasteiger partial charge >= 0.3 is 0 Å². The van der Waals surface area contributed by atoms with Gasteiger partial charge in [0.15, 0.2) is 0 Å². The zero-order chi connectivity index (χ0) is 19.6. The third-order valence-electron chi connectivity index (χ3n) is 4.82. The Morgan fingerprint density at radius 3 is 2.59 bits per heavy atom. The Kier molecular flexibility index (Phi) is 5.54. The lowest BCUT2D eigenvalue weighted by Crippen LogP contribution is -2.33. The number of amides is 1. The van der Waals surface area contributed by atoms with E-state index in [1.807, 2.05) is 26.0 Å². The van der Waals surface area contributed by atoms with Crippen molar-refractivity contribution in [2.24, 2.45) is 0 Å². The summed E-state index contributed by atoms with van der Waals surface area (Å²) in [6.45, 7) is 8.82. The number of nitrogens with zero attached hydrogens (tertiary/aromatic N) is 3. The molecule has 0 N–H and O–H groups in total. The van der Waals surface area contributed by atoms with Gasteiger partial charge in [-0.05, 0) is 30.9 Å². The first-order chi connectivity index (χ1) is 12.9. The van der Waals surface area contributed by atoms with Crippen molar-refractivity contribution in [3.8, 4) is 5.88 Å². The summed E-state index contributed by atoms with van der Waals surface area (Å²) in [6, 6.07) is 9.88. The number of hydrogen-bond donors (Lipinski definition) is 0. The Bertz CT molecular complexity index is 848. The van der Waals surface area contributed by atoms with Gasteiger partial charge in [0, 0.05) is 18.7 Å². The van der Waals surface area contributed by atoms with E-state index in [2.05, 4.69) is 35.9 Å². The third kappa shape index (κ3) is 4.15. The Labute approximate surface area is 159 Å². The fourth-order valence-corrected chi connectivity index (χ4v) is 3.15. The molecule has 6 nitrogen and oxygen atoms in total. The number of aromatic nitrogens is 2. The molecule has 0 radical (unpaired) electrons. The first-order valence-corrected chi connectivity index (χ1v) is 9.25. The van der Waals surface area contributed by atoms with Gasteiger partial charge in [-0.3, -0.25) is 9.59 Å². The number of rotatable bonds is 6. The monoisotopic (exact) mass is 367 g/mol. The van der Waals surface area contributed by atoms with Crippen LogP contribution in [0, 0.1) is 0 Å². The van der Waals surface area contributed by atoms with Crippen molar-refractivity contribution in [2.45, 2.75) is 52.2 Å². The highest BCUT2D eigenvalue weighted by Crippen LogP contribution is 2.27. The molecule has 1 amide bonds. The third-order valence-corrected chi connectivity index (χ3v) is 4.82. The predicted molar refractivity (Wildman–Crippen MR) is 101 cm³/mol. The van der Waals surface area contributed by atoms with Crippen molar-refractivity contribution < 1.29 is 14.3 Å². The smallest absolute Gasteiger partial charge is 0.290 e. The fraction of sp³-hybridized carbons (Fsp3) is 0.429. The molecule has 1 aliphatic heterocycles. The van der Waals surface area contributed by atoms with Crippen molar-refractivity contribution in [3.05, 3.63) is 53.5 Å². The first kappa shape index (κ1) is 19.0. The largest absolute Gasteiger partial charge is 0.473 e. The molecule has 0 spiro atoms. The van der Waals surface area contributed by atoms with E-state index in [9.17, 15) is 9.59 Å². The molecule has 142 valence electrons. The van der Waals surface area contributed by atoms with Gasteiger partial charge in [-0.15, -0.1) is 0 Å². The molecule has 1 aromatic carbocycles. The van der Waals surface area contributed by atoms with E-state index in [1.54, 1.807) is 11.0 Å². The average molecular weight is 367 g/mol. The normalized spacial score (nSPS) is 17.3. The van der Waals surface area contributed by atoms with E-state index >= 15 is 0 Å². The fourth-order valence-electron chi connectivity index (χ4n) is 3.15. The SMILES string of the molecule is CC(C)c1cccc(COc2cc(C3CN(C(C)C)C(=O)C3=O)ncn2)c1. The molecule has 2 aromatic rings. The van der Waals surface area contributed by atoms with E-state index in [4.69, 9.17) is 4.74 Å². The molecule has 1 unspecified atom stereocenters. The molecule has 1 saturated heterocycles. The van der Waals surface area contributed by atoms with Crippen LogP contribution in [0.25, 0.3) is 0 Å². The van der Waals surface area contributed by atoms with Gasteiger partial charge in [0.2, 0.25) is 11.7 Å². The zero-order valence-electron chi connectivity index (χ0n) is 16.2. The minimum Gasteiger partial charge on any atom is -0.473 e. The minimum absolute atomic E-state index is 0.0164. The van der Waals surface area contributed by atoms with Gasteiger partial charge in [0.1, 0.15) is 12.9 Å². The highest BCUT2D eigenvalue weighted by Gasteiger charge is 2.41. The summed E-state index contributed by atoms with van der Waals surface area (Å²) < 4.78 is 5.80. The van der Waals surface area contributed by atoms with Gasteiger partial charge < -0.3 is 9.64 Å². The lowest BCUT2D eigenvalue weighted by atomic mass is 10.0. The molecule has 0 bridgehead atoms. The minimum atomic E-state index is -0.561. The molecule has 0 aliphatic carbocycles. The van der Waals surface area contributed by atoms with E-state index in [-0.39, 0.29) is 6.04 Å². The lowest BCUT2D eigenvalue weighted by molar-refractivity contribution is -0.141. The number of carbonyl (C=O) groups is 2. The van der Waals surface area contributed by atoms with E-state index < -0.39 is 17.6 Å². The number of hydrogen-bond acceptors (Lipinski definition) is 5. The standard InChI is InChI=1S/C21H25N3O3/c1-13(2)16-7-5-6-15(8-16)11-27-19-9-18(22-12-23-19)17-10-24(14(3)4)21(26)20(17)25/h5-9,12-14,17H,10-11H2,1-4H3. The molecule has 0 saturated carbocycles. The summed E-state index contributed by atoms with van der Waals surface area (Å²) in [5, 5.41) is 0. The van der Waals surface area contributed by atoms with Crippen molar-refractivity contribution in [2.75, 3.05) is 6.54 Å². The Balaban J connectivity index is 1.72. The molecular formula is C21H25N3O3. The zero-order valence-corrected chi connectivity index (χ0v) is 16.2. The molecule has 6 heteroatoms. The average Bonchev–Trinajstić information content (AvgIpc) is 2.96. The molecule has 1 atom stereocenters. The van der Waals surface area contributed by atoms with Gasteiger partial charge in [-0.1, -0.05) is 38.1 Å². The number of benzene rings is 1. The van der Waals surface area contributed by atoms with Crippen LogP contribution in [0.3, 0.4) is 0 Å². The summed E-state index contributed by atoms with van der Waals surface area (Å²) in [5.74, 6) is -0.572.